The van der Waals surface area contributed by atoms with Crippen molar-refractivity contribution in [3.63, 3.8) is 0 Å². The number of methoxy groups -OCH3 is 1. The minimum Gasteiger partial charge on any atom is -0.378 e. The summed E-state index contributed by atoms with van der Waals surface area (Å²) in [4.78, 5) is 0. The van der Waals surface area contributed by atoms with Crippen LogP contribution in [0.4, 0.5) is 0 Å². The monoisotopic (exact) mass is 158 g/mol. The zero-order chi connectivity index (χ0) is 8.91. The topological polar surface area (TPSA) is 9.23 Å². The average Bonchev–Trinajstić information content (AvgIpc) is 2.03. The van der Waals surface area contributed by atoms with E-state index in [0.717, 1.165) is 6.42 Å². The molecule has 2 atom stereocenters. The normalized spacial score (nSPS) is 19.4. The van der Waals surface area contributed by atoms with E-state index in [-0.39, 0.29) is 5.60 Å². The van der Waals surface area contributed by atoms with Gasteiger partial charge in [-0.25, -0.2) is 0 Å². The van der Waals surface area contributed by atoms with Crippen molar-refractivity contribution in [3.05, 3.63) is 0 Å². The fraction of sp³-hybridized carbons (Fsp3) is 1.00. The van der Waals surface area contributed by atoms with E-state index in [4.69, 9.17) is 4.74 Å². The Labute approximate surface area is 71.1 Å². The fourth-order valence-corrected chi connectivity index (χ4v) is 1.43. The van der Waals surface area contributed by atoms with Gasteiger partial charge in [-0.1, -0.05) is 27.2 Å². The van der Waals surface area contributed by atoms with Crippen molar-refractivity contribution < 1.29 is 4.74 Å². The summed E-state index contributed by atoms with van der Waals surface area (Å²) in [5.74, 6) is 0.669. The van der Waals surface area contributed by atoms with Gasteiger partial charge >= 0.3 is 0 Å². The number of rotatable bonds is 5. The molecule has 1 heteroatoms. The predicted molar refractivity (Wildman–Crippen MR) is 49.8 cm³/mol. The molecule has 0 heterocycles. The molecule has 0 aromatic rings. The van der Waals surface area contributed by atoms with Gasteiger partial charge in [-0.05, 0) is 25.7 Å². The molecule has 0 spiro atoms. The molecule has 0 aromatic carbocycles. The molecule has 2 unspecified atom stereocenters. The molecular formula is C10H22O. The first kappa shape index (κ1) is 11.0. The first-order valence-corrected chi connectivity index (χ1v) is 4.65. The summed E-state index contributed by atoms with van der Waals surface area (Å²) in [7, 11) is 1.82. The summed E-state index contributed by atoms with van der Waals surface area (Å²) < 4.78 is 5.50. The first-order valence-electron chi connectivity index (χ1n) is 4.65. The Bertz CT molecular complexity index is 95.0. The van der Waals surface area contributed by atoms with Crippen molar-refractivity contribution in [2.75, 3.05) is 7.11 Å². The third-order valence-electron chi connectivity index (χ3n) is 2.93. The number of hydrogen-bond donors (Lipinski definition) is 0. The van der Waals surface area contributed by atoms with E-state index < -0.39 is 0 Å². The van der Waals surface area contributed by atoms with Crippen LogP contribution in [0.2, 0.25) is 0 Å². The maximum atomic E-state index is 5.50. The summed E-state index contributed by atoms with van der Waals surface area (Å²) >= 11 is 0. The van der Waals surface area contributed by atoms with Crippen LogP contribution in [0.25, 0.3) is 0 Å². The van der Waals surface area contributed by atoms with Gasteiger partial charge in [0.2, 0.25) is 0 Å². The van der Waals surface area contributed by atoms with Crippen molar-refractivity contribution >= 4 is 0 Å². The average molecular weight is 158 g/mol. The maximum absolute atomic E-state index is 5.50. The Morgan fingerprint density at radius 2 is 1.91 bits per heavy atom. The van der Waals surface area contributed by atoms with Crippen molar-refractivity contribution in [3.8, 4) is 0 Å². The Morgan fingerprint density at radius 1 is 1.36 bits per heavy atom. The highest BCUT2D eigenvalue weighted by atomic mass is 16.5. The van der Waals surface area contributed by atoms with Crippen LogP contribution in [0.15, 0.2) is 0 Å². The molecule has 0 fully saturated rings. The lowest BCUT2D eigenvalue weighted by Gasteiger charge is -2.33. The van der Waals surface area contributed by atoms with Crippen LogP contribution >= 0.6 is 0 Å². The predicted octanol–water partition coefficient (Wildman–Crippen LogP) is 3.24. The van der Waals surface area contributed by atoms with Gasteiger partial charge in [0.25, 0.3) is 0 Å². The van der Waals surface area contributed by atoms with E-state index in [9.17, 15) is 0 Å². The highest BCUT2D eigenvalue weighted by Gasteiger charge is 2.27. The second-order valence-electron chi connectivity index (χ2n) is 3.56. The minimum atomic E-state index is 0.0933. The zero-order valence-corrected chi connectivity index (χ0v) is 8.61. The van der Waals surface area contributed by atoms with Crippen LogP contribution < -0.4 is 0 Å². The van der Waals surface area contributed by atoms with Crippen LogP contribution in [0, 0.1) is 5.92 Å². The molecule has 0 radical (unpaired) electrons. The standard InChI is InChI=1S/C10H22O/c1-6-8-9(3)10(4,7-2)11-5/h9H,6-8H2,1-5H3. The highest BCUT2D eigenvalue weighted by molar-refractivity contribution is 4.78. The molecule has 0 aliphatic rings. The van der Waals surface area contributed by atoms with E-state index in [1.165, 1.54) is 12.8 Å². The van der Waals surface area contributed by atoms with Crippen LogP contribution in [-0.2, 0) is 4.74 Å². The third-order valence-corrected chi connectivity index (χ3v) is 2.93. The highest BCUT2D eigenvalue weighted by Crippen LogP contribution is 2.27. The quantitative estimate of drug-likeness (QED) is 0.597. The SMILES string of the molecule is CCCC(C)C(C)(CC)OC. The molecule has 0 rings (SSSR count). The van der Waals surface area contributed by atoms with E-state index in [1.54, 1.807) is 0 Å². The van der Waals surface area contributed by atoms with Gasteiger partial charge in [0.15, 0.2) is 0 Å². The Hall–Kier alpha value is -0.0400. The van der Waals surface area contributed by atoms with E-state index in [2.05, 4.69) is 27.7 Å². The molecule has 0 saturated heterocycles. The summed E-state index contributed by atoms with van der Waals surface area (Å²) in [5.41, 5.74) is 0.0933. The molecule has 0 aliphatic heterocycles. The smallest absolute Gasteiger partial charge is 0.0673 e. The maximum Gasteiger partial charge on any atom is 0.0673 e. The van der Waals surface area contributed by atoms with Crippen LogP contribution in [0.5, 0.6) is 0 Å². The van der Waals surface area contributed by atoms with Crippen LogP contribution in [-0.4, -0.2) is 12.7 Å². The van der Waals surface area contributed by atoms with Gasteiger partial charge in [-0.3, -0.25) is 0 Å². The van der Waals surface area contributed by atoms with E-state index in [0.29, 0.717) is 5.92 Å². The van der Waals surface area contributed by atoms with Gasteiger partial charge in [0.1, 0.15) is 0 Å². The molecule has 0 saturated carbocycles. The molecule has 0 N–H and O–H groups in total. The van der Waals surface area contributed by atoms with Crippen molar-refractivity contribution in [1.29, 1.82) is 0 Å². The van der Waals surface area contributed by atoms with Crippen molar-refractivity contribution in [2.24, 2.45) is 5.92 Å². The number of hydrogen-bond acceptors (Lipinski definition) is 1. The summed E-state index contributed by atoms with van der Waals surface area (Å²) in [6.07, 6.45) is 3.61. The lowest BCUT2D eigenvalue weighted by molar-refractivity contribution is -0.0432. The molecule has 0 aliphatic carbocycles. The molecular weight excluding hydrogens is 136 g/mol. The molecule has 0 bridgehead atoms. The fourth-order valence-electron chi connectivity index (χ4n) is 1.43. The Kier molecular flexibility index (Phi) is 4.74. The lowest BCUT2D eigenvalue weighted by atomic mass is 9.85. The van der Waals surface area contributed by atoms with E-state index >= 15 is 0 Å². The lowest BCUT2D eigenvalue weighted by Crippen LogP contribution is -2.34. The van der Waals surface area contributed by atoms with Gasteiger partial charge in [-0.2, -0.15) is 0 Å². The van der Waals surface area contributed by atoms with Gasteiger partial charge in [0.05, 0.1) is 5.60 Å². The van der Waals surface area contributed by atoms with Crippen molar-refractivity contribution in [1.82, 2.24) is 0 Å². The first-order chi connectivity index (χ1) is 5.10. The zero-order valence-electron chi connectivity index (χ0n) is 8.61. The molecule has 0 amide bonds. The van der Waals surface area contributed by atoms with Gasteiger partial charge in [0, 0.05) is 7.11 Å². The summed E-state index contributed by atoms with van der Waals surface area (Å²) in [6, 6.07) is 0. The molecule has 68 valence electrons. The molecule has 11 heavy (non-hydrogen) atoms. The second kappa shape index (κ2) is 4.76. The second-order valence-corrected chi connectivity index (χ2v) is 3.56. The number of ether oxygens (including phenoxy) is 1. The van der Waals surface area contributed by atoms with Gasteiger partial charge < -0.3 is 4.74 Å². The summed E-state index contributed by atoms with van der Waals surface area (Å²) in [6.45, 7) is 8.89. The Balaban J connectivity index is 4.00. The molecule has 0 aromatic heterocycles. The van der Waals surface area contributed by atoms with Crippen LogP contribution in [0.1, 0.15) is 47.0 Å². The summed E-state index contributed by atoms with van der Waals surface area (Å²) in [5, 5.41) is 0. The minimum absolute atomic E-state index is 0.0933. The largest absolute Gasteiger partial charge is 0.378 e. The molecule has 1 nitrogen and oxygen atoms in total. The van der Waals surface area contributed by atoms with E-state index in [1.807, 2.05) is 7.11 Å². The van der Waals surface area contributed by atoms with Gasteiger partial charge in [-0.15, -0.1) is 0 Å². The third kappa shape index (κ3) is 2.82. The van der Waals surface area contributed by atoms with Crippen LogP contribution in [0.3, 0.4) is 0 Å². The van der Waals surface area contributed by atoms with Crippen molar-refractivity contribution in [2.45, 2.75) is 52.6 Å². The Morgan fingerprint density at radius 3 is 2.18 bits per heavy atom.